The van der Waals surface area contributed by atoms with Crippen molar-refractivity contribution in [1.82, 2.24) is 10.1 Å². The molecule has 6 heteroatoms. The number of ether oxygens (including phenoxy) is 2. The molecule has 2 aliphatic heterocycles. The van der Waals surface area contributed by atoms with Crippen LogP contribution < -0.4 is 9.47 Å². The Bertz CT molecular complexity index is 961. The fraction of sp³-hybridized carbons (Fsp3) is 0.409. The van der Waals surface area contributed by atoms with Crippen LogP contribution in [0, 0.1) is 6.92 Å². The minimum absolute atomic E-state index is 0.236. The number of fused-ring (bicyclic) bond motifs is 1. The van der Waals surface area contributed by atoms with Gasteiger partial charge in [-0.3, -0.25) is 4.90 Å². The van der Waals surface area contributed by atoms with Gasteiger partial charge in [0.05, 0.1) is 12.6 Å². The smallest absolute Gasteiger partial charge is 0.231 e. The highest BCUT2D eigenvalue weighted by Gasteiger charge is 2.27. The van der Waals surface area contributed by atoms with Crippen LogP contribution in [0.1, 0.15) is 48.9 Å². The molecule has 1 atom stereocenters. The Morgan fingerprint density at radius 1 is 1.04 bits per heavy atom. The largest absolute Gasteiger partial charge is 0.465 e. The van der Waals surface area contributed by atoms with E-state index in [4.69, 9.17) is 18.4 Å². The average Bonchev–Trinajstić information content (AvgIpc) is 3.41. The summed E-state index contributed by atoms with van der Waals surface area (Å²) in [5.41, 5.74) is 1.93. The van der Waals surface area contributed by atoms with Crippen molar-refractivity contribution in [3.05, 3.63) is 53.6 Å². The van der Waals surface area contributed by atoms with Gasteiger partial charge in [0.15, 0.2) is 17.3 Å². The average molecular weight is 380 g/mol. The van der Waals surface area contributed by atoms with Crippen LogP contribution >= 0.6 is 0 Å². The van der Waals surface area contributed by atoms with Crippen LogP contribution in [0.4, 0.5) is 0 Å². The molecule has 0 aliphatic carbocycles. The van der Waals surface area contributed by atoms with Gasteiger partial charge in [0.2, 0.25) is 6.79 Å². The quantitative estimate of drug-likeness (QED) is 0.628. The molecule has 2 aliphatic rings. The number of furan rings is 1. The molecule has 6 nitrogen and oxygen atoms in total. The molecule has 28 heavy (non-hydrogen) atoms. The summed E-state index contributed by atoms with van der Waals surface area (Å²) in [6.45, 7) is 4.09. The number of likely N-dealkylation sites (tertiary alicyclic amines) is 1. The van der Waals surface area contributed by atoms with Gasteiger partial charge in [-0.15, -0.1) is 0 Å². The molecule has 0 bridgehead atoms. The zero-order valence-electron chi connectivity index (χ0n) is 16.0. The van der Waals surface area contributed by atoms with Crippen molar-refractivity contribution in [2.75, 3.05) is 13.3 Å². The maximum Gasteiger partial charge on any atom is 0.231 e. The zero-order valence-corrected chi connectivity index (χ0v) is 16.0. The topological polar surface area (TPSA) is 60.9 Å². The predicted octanol–water partition coefficient (Wildman–Crippen LogP) is 5.09. The molecule has 1 unspecified atom stereocenters. The normalized spacial score (nSPS) is 19.7. The van der Waals surface area contributed by atoms with Gasteiger partial charge in [0.25, 0.3) is 0 Å². The first-order valence-electron chi connectivity index (χ1n) is 9.92. The Morgan fingerprint density at radius 3 is 2.86 bits per heavy atom. The van der Waals surface area contributed by atoms with Crippen molar-refractivity contribution in [2.45, 2.75) is 45.2 Å². The lowest BCUT2D eigenvalue weighted by molar-refractivity contribution is 0.170. The molecule has 0 saturated carbocycles. The second-order valence-corrected chi connectivity index (χ2v) is 7.53. The van der Waals surface area contributed by atoms with Gasteiger partial charge in [-0.25, -0.2) is 0 Å². The van der Waals surface area contributed by atoms with Crippen molar-refractivity contribution in [2.24, 2.45) is 0 Å². The fourth-order valence-electron chi connectivity index (χ4n) is 4.09. The molecule has 5 rings (SSSR count). The van der Waals surface area contributed by atoms with Crippen molar-refractivity contribution >= 4 is 0 Å². The molecule has 0 spiro atoms. The summed E-state index contributed by atoms with van der Waals surface area (Å²) in [6.07, 6.45) is 4.72. The number of hydrogen-bond acceptors (Lipinski definition) is 6. The van der Waals surface area contributed by atoms with Crippen LogP contribution in [0.5, 0.6) is 11.5 Å². The molecule has 0 N–H and O–H groups in total. The monoisotopic (exact) mass is 380 g/mol. The minimum atomic E-state index is 0.236. The number of aromatic nitrogens is 1. The highest BCUT2D eigenvalue weighted by atomic mass is 16.7. The first-order valence-corrected chi connectivity index (χ1v) is 9.92. The van der Waals surface area contributed by atoms with Gasteiger partial charge >= 0.3 is 0 Å². The molecule has 4 heterocycles. The Labute approximate surface area is 164 Å². The number of rotatable bonds is 4. The van der Waals surface area contributed by atoms with E-state index in [2.05, 4.69) is 22.2 Å². The summed E-state index contributed by atoms with van der Waals surface area (Å²) >= 11 is 0. The van der Waals surface area contributed by atoms with E-state index in [1.54, 1.807) is 0 Å². The van der Waals surface area contributed by atoms with Gasteiger partial charge in [0.1, 0.15) is 17.2 Å². The maximum atomic E-state index is 5.82. The van der Waals surface area contributed by atoms with Crippen molar-refractivity contribution in [1.29, 1.82) is 0 Å². The van der Waals surface area contributed by atoms with E-state index < -0.39 is 0 Å². The summed E-state index contributed by atoms with van der Waals surface area (Å²) in [6, 6.07) is 12.2. The second kappa shape index (κ2) is 7.36. The summed E-state index contributed by atoms with van der Waals surface area (Å²) in [5, 5.41) is 4.43. The first-order chi connectivity index (χ1) is 13.8. The van der Waals surface area contributed by atoms with E-state index in [0.717, 1.165) is 59.5 Å². The highest BCUT2D eigenvalue weighted by molar-refractivity contribution is 5.63. The van der Waals surface area contributed by atoms with Crippen LogP contribution in [-0.2, 0) is 6.54 Å². The molecule has 2 aromatic heterocycles. The SMILES string of the molecule is Cc1ccc(CN2CCCCCC2c2cc(-c3ccc4c(c3)OCO4)on2)o1. The summed E-state index contributed by atoms with van der Waals surface area (Å²) in [5.74, 6) is 4.23. The Morgan fingerprint density at radius 2 is 1.96 bits per heavy atom. The van der Waals surface area contributed by atoms with E-state index in [-0.39, 0.29) is 12.8 Å². The fourth-order valence-corrected chi connectivity index (χ4v) is 4.09. The molecule has 0 amide bonds. The van der Waals surface area contributed by atoms with Crippen LogP contribution in [-0.4, -0.2) is 23.4 Å². The van der Waals surface area contributed by atoms with Gasteiger partial charge in [-0.05, 0) is 56.6 Å². The van der Waals surface area contributed by atoms with Gasteiger partial charge in [0, 0.05) is 11.6 Å². The van der Waals surface area contributed by atoms with Crippen molar-refractivity contribution < 1.29 is 18.4 Å². The lowest BCUT2D eigenvalue weighted by atomic mass is 10.0. The molecular formula is C22H24N2O4. The van der Waals surface area contributed by atoms with Crippen LogP contribution in [0.25, 0.3) is 11.3 Å². The maximum absolute atomic E-state index is 5.82. The highest BCUT2D eigenvalue weighted by Crippen LogP contribution is 2.38. The Balaban J connectivity index is 1.40. The first kappa shape index (κ1) is 17.4. The Hall–Kier alpha value is -2.73. The predicted molar refractivity (Wildman–Crippen MR) is 103 cm³/mol. The molecule has 0 radical (unpaired) electrons. The van der Waals surface area contributed by atoms with E-state index in [0.29, 0.717) is 0 Å². The molecule has 1 aromatic carbocycles. The van der Waals surface area contributed by atoms with Gasteiger partial charge < -0.3 is 18.4 Å². The third-order valence-electron chi connectivity index (χ3n) is 5.55. The van der Waals surface area contributed by atoms with Crippen LogP contribution in [0.15, 0.2) is 45.3 Å². The van der Waals surface area contributed by atoms with Crippen LogP contribution in [0.2, 0.25) is 0 Å². The van der Waals surface area contributed by atoms with Crippen molar-refractivity contribution in [3.8, 4) is 22.8 Å². The molecule has 1 saturated heterocycles. The summed E-state index contributed by atoms with van der Waals surface area (Å²) in [4.78, 5) is 2.46. The summed E-state index contributed by atoms with van der Waals surface area (Å²) in [7, 11) is 0. The van der Waals surface area contributed by atoms with Gasteiger partial charge in [-0.2, -0.15) is 0 Å². The van der Waals surface area contributed by atoms with Crippen LogP contribution in [0.3, 0.4) is 0 Å². The second-order valence-electron chi connectivity index (χ2n) is 7.53. The lowest BCUT2D eigenvalue weighted by Gasteiger charge is -2.27. The number of benzene rings is 1. The van der Waals surface area contributed by atoms with E-state index in [1.165, 1.54) is 19.3 Å². The van der Waals surface area contributed by atoms with Gasteiger partial charge in [-0.1, -0.05) is 18.0 Å². The molecule has 3 aromatic rings. The van der Waals surface area contributed by atoms with E-state index in [9.17, 15) is 0 Å². The van der Waals surface area contributed by atoms with E-state index in [1.807, 2.05) is 31.2 Å². The number of aryl methyl sites for hydroxylation is 1. The number of nitrogens with zero attached hydrogens (tertiary/aromatic N) is 2. The molecule has 146 valence electrons. The van der Waals surface area contributed by atoms with E-state index >= 15 is 0 Å². The lowest BCUT2D eigenvalue weighted by Crippen LogP contribution is -2.28. The van der Waals surface area contributed by atoms with Crippen molar-refractivity contribution in [3.63, 3.8) is 0 Å². The zero-order chi connectivity index (χ0) is 18.9. The molecular weight excluding hydrogens is 356 g/mol. The third kappa shape index (κ3) is 3.40. The standard InChI is InChI=1S/C22H24N2O4/c1-15-6-8-17(27-15)13-24-10-4-2-3-5-19(24)18-12-21(28-23-18)16-7-9-20-22(11-16)26-14-25-20/h6-9,11-12,19H,2-5,10,13-14H2,1H3. The summed E-state index contributed by atoms with van der Waals surface area (Å²) < 4.78 is 22.4. The third-order valence-corrected chi connectivity index (χ3v) is 5.55. The Kier molecular flexibility index (Phi) is 4.56. The minimum Gasteiger partial charge on any atom is -0.465 e. The molecule has 1 fully saturated rings. The number of hydrogen-bond donors (Lipinski definition) is 0.